The van der Waals surface area contributed by atoms with E-state index in [1.807, 2.05) is 53.4 Å². The van der Waals surface area contributed by atoms with Crippen LogP contribution in [0.5, 0.6) is 0 Å². The molecule has 2 saturated heterocycles. The zero-order valence-electron chi connectivity index (χ0n) is 19.7. The molecule has 34 heavy (non-hydrogen) atoms. The molecular formula is C28H31N3O2S. The number of carbonyl (C=O) groups is 2. The van der Waals surface area contributed by atoms with Gasteiger partial charge in [-0.1, -0.05) is 60.7 Å². The van der Waals surface area contributed by atoms with E-state index >= 15 is 0 Å². The zero-order chi connectivity index (χ0) is 23.5. The number of likely N-dealkylation sites (tertiary alicyclic amines) is 1. The maximum Gasteiger partial charge on any atom is 0.328 e. The summed E-state index contributed by atoms with van der Waals surface area (Å²) in [5.74, 6) is -0.0265. The molecule has 0 saturated carbocycles. The van der Waals surface area contributed by atoms with Crippen molar-refractivity contribution in [1.82, 2.24) is 14.7 Å². The highest BCUT2D eigenvalue weighted by Crippen LogP contribution is 2.38. The van der Waals surface area contributed by atoms with Gasteiger partial charge in [0, 0.05) is 31.1 Å². The van der Waals surface area contributed by atoms with Gasteiger partial charge in [0.05, 0.1) is 6.54 Å². The minimum Gasteiger partial charge on any atom is -0.309 e. The molecule has 6 heteroatoms. The van der Waals surface area contributed by atoms with E-state index in [1.54, 1.807) is 11.3 Å². The second kappa shape index (κ2) is 9.72. The number of piperidine rings is 1. The first-order valence-electron chi connectivity index (χ1n) is 12.0. The van der Waals surface area contributed by atoms with Gasteiger partial charge in [-0.15, -0.1) is 11.3 Å². The van der Waals surface area contributed by atoms with Crippen molar-refractivity contribution in [1.29, 1.82) is 0 Å². The normalized spacial score (nSPS) is 18.3. The van der Waals surface area contributed by atoms with Gasteiger partial charge >= 0.3 is 6.03 Å². The van der Waals surface area contributed by atoms with Crippen LogP contribution in [0.4, 0.5) is 4.79 Å². The summed E-state index contributed by atoms with van der Waals surface area (Å²) < 4.78 is 0. The number of hydrogen-bond donors (Lipinski definition) is 0. The third kappa shape index (κ3) is 4.40. The molecule has 3 aromatic rings. The van der Waals surface area contributed by atoms with Gasteiger partial charge in [0.1, 0.15) is 5.54 Å². The predicted molar refractivity (Wildman–Crippen MR) is 136 cm³/mol. The lowest BCUT2D eigenvalue weighted by Crippen LogP contribution is -2.56. The van der Waals surface area contributed by atoms with Crippen molar-refractivity contribution in [3.05, 3.63) is 93.7 Å². The Morgan fingerprint density at radius 2 is 1.50 bits per heavy atom. The van der Waals surface area contributed by atoms with Crippen molar-refractivity contribution in [2.24, 2.45) is 0 Å². The quantitative estimate of drug-likeness (QED) is 0.449. The first-order chi connectivity index (χ1) is 16.6. The first-order valence-corrected chi connectivity index (χ1v) is 12.9. The van der Waals surface area contributed by atoms with Crippen molar-refractivity contribution in [2.75, 3.05) is 19.6 Å². The van der Waals surface area contributed by atoms with Gasteiger partial charge in [0.2, 0.25) is 0 Å². The molecule has 5 nitrogen and oxygen atoms in total. The third-order valence-electron chi connectivity index (χ3n) is 7.29. The number of carbonyl (C=O) groups excluding carboxylic acids is 2. The van der Waals surface area contributed by atoms with Crippen LogP contribution in [0.25, 0.3) is 0 Å². The van der Waals surface area contributed by atoms with E-state index < -0.39 is 5.54 Å². The van der Waals surface area contributed by atoms with Crippen LogP contribution in [0.1, 0.15) is 34.4 Å². The molecule has 0 aliphatic carbocycles. The number of amides is 3. The molecule has 2 aromatic carbocycles. The third-order valence-corrected chi connectivity index (χ3v) is 8.30. The average molecular weight is 474 g/mol. The Hall–Kier alpha value is -2.96. The van der Waals surface area contributed by atoms with Gasteiger partial charge in [-0.3, -0.25) is 14.6 Å². The van der Waals surface area contributed by atoms with Crippen LogP contribution in [-0.2, 0) is 24.3 Å². The molecule has 0 N–H and O–H groups in total. The van der Waals surface area contributed by atoms with E-state index in [2.05, 4.69) is 35.4 Å². The minimum atomic E-state index is -0.734. The van der Waals surface area contributed by atoms with Crippen molar-refractivity contribution in [3.63, 3.8) is 0 Å². The lowest BCUT2D eigenvalue weighted by atomic mass is 9.85. The summed E-state index contributed by atoms with van der Waals surface area (Å²) in [5.41, 5.74) is 2.76. The molecule has 2 fully saturated rings. The van der Waals surface area contributed by atoms with Gasteiger partial charge < -0.3 is 4.90 Å². The Morgan fingerprint density at radius 3 is 2.12 bits per heavy atom. The van der Waals surface area contributed by atoms with Crippen LogP contribution in [0.3, 0.4) is 0 Å². The Kier molecular flexibility index (Phi) is 6.53. The standard InChI is InChI=1S/C28H31N3O2S/c1-22-13-19-34-25(22)21-29-17-14-28(15-18-29)26(32)30(20-24-10-6-3-7-11-24)27(33)31(28)16-12-23-8-4-2-5-9-23/h2-11,13,19H,12,14-18,20-21H2,1H3. The summed E-state index contributed by atoms with van der Waals surface area (Å²) in [6, 6.07) is 22.1. The number of imide groups is 1. The predicted octanol–water partition coefficient (Wildman–Crippen LogP) is 5.10. The van der Waals surface area contributed by atoms with Crippen LogP contribution < -0.4 is 0 Å². The number of nitrogens with zero attached hydrogens (tertiary/aromatic N) is 3. The topological polar surface area (TPSA) is 43.9 Å². The highest BCUT2D eigenvalue weighted by atomic mass is 32.1. The summed E-state index contributed by atoms with van der Waals surface area (Å²) in [7, 11) is 0. The van der Waals surface area contributed by atoms with Crippen molar-refractivity contribution < 1.29 is 9.59 Å². The Morgan fingerprint density at radius 1 is 0.853 bits per heavy atom. The molecule has 2 aliphatic heterocycles. The van der Waals surface area contributed by atoms with Gasteiger partial charge in [-0.05, 0) is 54.3 Å². The number of urea groups is 1. The molecule has 0 unspecified atom stereocenters. The van der Waals surface area contributed by atoms with Crippen LogP contribution in [0.2, 0.25) is 0 Å². The van der Waals surface area contributed by atoms with Crippen molar-refractivity contribution >= 4 is 23.3 Å². The van der Waals surface area contributed by atoms with Gasteiger partial charge in [-0.2, -0.15) is 0 Å². The van der Waals surface area contributed by atoms with Gasteiger partial charge in [-0.25, -0.2) is 4.79 Å². The number of hydrogen-bond acceptors (Lipinski definition) is 4. The fourth-order valence-corrected chi connectivity index (χ4v) is 6.16. The Bertz CT molecular complexity index is 1140. The highest BCUT2D eigenvalue weighted by Gasteiger charge is 2.57. The lowest BCUT2D eigenvalue weighted by Gasteiger charge is -2.42. The summed E-state index contributed by atoms with van der Waals surface area (Å²) in [5, 5.41) is 2.14. The summed E-state index contributed by atoms with van der Waals surface area (Å²) in [6.07, 6.45) is 2.11. The second-order valence-corrected chi connectivity index (χ2v) is 10.4. The van der Waals surface area contributed by atoms with E-state index in [9.17, 15) is 9.59 Å². The maximum atomic E-state index is 13.8. The molecule has 0 atom stereocenters. The molecule has 2 aliphatic rings. The highest BCUT2D eigenvalue weighted by molar-refractivity contribution is 7.10. The SMILES string of the molecule is Cc1ccsc1CN1CCC2(CC1)C(=O)N(Cc1ccccc1)C(=O)N2CCc1ccccc1. The number of rotatable bonds is 7. The summed E-state index contributed by atoms with van der Waals surface area (Å²) >= 11 is 1.79. The zero-order valence-corrected chi connectivity index (χ0v) is 20.5. The molecule has 0 radical (unpaired) electrons. The lowest BCUT2D eigenvalue weighted by molar-refractivity contribution is -0.136. The number of aryl methyl sites for hydroxylation is 1. The van der Waals surface area contributed by atoms with E-state index in [-0.39, 0.29) is 11.9 Å². The van der Waals surface area contributed by atoms with Gasteiger partial charge in [0.15, 0.2) is 0 Å². The van der Waals surface area contributed by atoms with Crippen molar-refractivity contribution in [2.45, 2.75) is 44.8 Å². The monoisotopic (exact) mass is 473 g/mol. The maximum absolute atomic E-state index is 13.8. The van der Waals surface area contributed by atoms with E-state index in [0.29, 0.717) is 25.9 Å². The summed E-state index contributed by atoms with van der Waals surface area (Å²) in [6.45, 7) is 5.60. The van der Waals surface area contributed by atoms with Crippen LogP contribution in [0, 0.1) is 6.92 Å². The number of benzene rings is 2. The molecule has 1 spiro atoms. The molecule has 3 amide bonds. The van der Waals surface area contributed by atoms with E-state index in [4.69, 9.17) is 0 Å². The van der Waals surface area contributed by atoms with Gasteiger partial charge in [0.25, 0.3) is 5.91 Å². The van der Waals surface area contributed by atoms with E-state index in [0.717, 1.165) is 31.6 Å². The second-order valence-electron chi connectivity index (χ2n) is 9.38. The summed E-state index contributed by atoms with van der Waals surface area (Å²) in [4.78, 5) is 34.6. The number of thiophene rings is 1. The fraction of sp³-hybridized carbons (Fsp3) is 0.357. The molecular weight excluding hydrogens is 442 g/mol. The molecule has 3 heterocycles. The van der Waals surface area contributed by atoms with E-state index in [1.165, 1.54) is 20.9 Å². The largest absolute Gasteiger partial charge is 0.328 e. The smallest absolute Gasteiger partial charge is 0.309 e. The molecule has 1 aromatic heterocycles. The Balaban J connectivity index is 1.36. The molecule has 5 rings (SSSR count). The van der Waals surface area contributed by atoms with Crippen LogP contribution in [0.15, 0.2) is 72.1 Å². The van der Waals surface area contributed by atoms with Crippen molar-refractivity contribution in [3.8, 4) is 0 Å². The first kappa shape index (κ1) is 22.8. The molecule has 176 valence electrons. The fourth-order valence-electron chi connectivity index (χ4n) is 5.22. The van der Waals surface area contributed by atoms with Crippen LogP contribution in [-0.4, -0.2) is 51.8 Å². The Labute approximate surface area is 205 Å². The van der Waals surface area contributed by atoms with Crippen LogP contribution >= 0.6 is 11.3 Å². The molecule has 0 bridgehead atoms. The average Bonchev–Trinajstić information content (AvgIpc) is 3.35. The minimum absolute atomic E-state index is 0.0265.